The average Bonchev–Trinajstić information content (AvgIpc) is 2.02. The Morgan fingerprint density at radius 2 is 1.43 bits per heavy atom. The summed E-state index contributed by atoms with van der Waals surface area (Å²) in [6.07, 6.45) is 9.56. The molecule has 0 heterocycles. The fraction of sp³-hybridized carbons (Fsp3) is 1.00. The Bertz CT molecular complexity index is 95.7. The molecule has 1 fully saturated rings. The van der Waals surface area contributed by atoms with Crippen molar-refractivity contribution in [1.29, 1.82) is 0 Å². The molecule has 1 rings (SSSR count). The lowest BCUT2D eigenvalue weighted by Gasteiger charge is -2.20. The molecule has 0 radical (unpaired) electrons. The van der Waals surface area contributed by atoms with Gasteiger partial charge < -0.3 is 10.4 Å². The zero-order chi connectivity index (χ0) is 8.65. The Hall–Kier alpha value is -0.0800. The molecule has 0 aromatic rings. The van der Waals surface area contributed by atoms with Gasteiger partial charge in [-0.15, -0.1) is 0 Å². The largest absolute Gasteiger partial charge is 0.395 e. The van der Waals surface area contributed by atoms with Crippen LogP contribution in [0.5, 0.6) is 0 Å². The third kappa shape index (κ3) is 7.34. The zero-order valence-electron chi connectivity index (χ0n) is 7.89. The average molecular weight is 203 g/mol. The first-order valence-electron chi connectivity index (χ1n) is 5.27. The van der Waals surface area contributed by atoms with Crippen LogP contribution >= 0.6 is 0 Å². The molecule has 1 saturated carbocycles. The van der Waals surface area contributed by atoms with E-state index in [0.29, 0.717) is 6.04 Å². The Balaban J connectivity index is 0. The molecule has 0 aromatic heterocycles. The minimum absolute atomic E-state index is 0. The molecule has 0 amide bonds. The second-order valence-corrected chi connectivity index (χ2v) is 3.72. The standard InChI is InChI=1S/C10H21NO.2CH4/c12-9-8-11-10-6-4-2-1-3-5-7-10;;/h10-12H,1-9H2;2*1H4. The van der Waals surface area contributed by atoms with Crippen LogP contribution in [0.15, 0.2) is 0 Å². The molecule has 1 aliphatic rings. The highest BCUT2D eigenvalue weighted by atomic mass is 16.3. The summed E-state index contributed by atoms with van der Waals surface area (Å²) in [5.74, 6) is 0. The third-order valence-corrected chi connectivity index (χ3v) is 2.65. The van der Waals surface area contributed by atoms with Crippen molar-refractivity contribution in [2.75, 3.05) is 13.2 Å². The van der Waals surface area contributed by atoms with Gasteiger partial charge in [-0.25, -0.2) is 0 Å². The van der Waals surface area contributed by atoms with E-state index in [0.717, 1.165) is 6.54 Å². The van der Waals surface area contributed by atoms with Crippen molar-refractivity contribution in [2.45, 2.75) is 65.8 Å². The SMILES string of the molecule is C.C.OCCNC1CCCCCCC1. The maximum absolute atomic E-state index is 8.66. The Morgan fingerprint density at radius 1 is 0.929 bits per heavy atom. The number of rotatable bonds is 3. The van der Waals surface area contributed by atoms with Crippen LogP contribution in [0.1, 0.15) is 59.8 Å². The summed E-state index contributed by atoms with van der Waals surface area (Å²) in [5.41, 5.74) is 0. The molecule has 2 nitrogen and oxygen atoms in total. The van der Waals surface area contributed by atoms with E-state index in [1.54, 1.807) is 0 Å². The molecule has 0 spiro atoms. The van der Waals surface area contributed by atoms with Crippen molar-refractivity contribution in [3.8, 4) is 0 Å². The van der Waals surface area contributed by atoms with Gasteiger partial charge in [-0.2, -0.15) is 0 Å². The third-order valence-electron chi connectivity index (χ3n) is 2.65. The van der Waals surface area contributed by atoms with Crippen LogP contribution in [0.25, 0.3) is 0 Å². The van der Waals surface area contributed by atoms with E-state index in [1.807, 2.05) is 0 Å². The first-order chi connectivity index (χ1) is 5.93. The van der Waals surface area contributed by atoms with Crippen molar-refractivity contribution in [1.82, 2.24) is 5.32 Å². The minimum atomic E-state index is 0. The molecular weight excluding hydrogens is 174 g/mol. The number of aliphatic hydroxyl groups excluding tert-OH is 1. The smallest absolute Gasteiger partial charge is 0.0556 e. The van der Waals surface area contributed by atoms with E-state index >= 15 is 0 Å². The molecule has 0 bridgehead atoms. The van der Waals surface area contributed by atoms with Crippen LogP contribution in [-0.4, -0.2) is 24.3 Å². The van der Waals surface area contributed by atoms with Gasteiger partial charge in [0, 0.05) is 12.6 Å². The second kappa shape index (κ2) is 11.0. The van der Waals surface area contributed by atoms with Gasteiger partial charge in [0.25, 0.3) is 0 Å². The molecule has 88 valence electrons. The molecule has 0 unspecified atom stereocenters. The molecule has 2 heteroatoms. The molecule has 14 heavy (non-hydrogen) atoms. The van der Waals surface area contributed by atoms with Gasteiger partial charge in [0.1, 0.15) is 0 Å². The quantitative estimate of drug-likeness (QED) is 0.739. The summed E-state index contributed by atoms with van der Waals surface area (Å²) in [6.45, 7) is 1.04. The van der Waals surface area contributed by atoms with Crippen LogP contribution in [0, 0.1) is 0 Å². The van der Waals surface area contributed by atoms with Crippen LogP contribution in [0.4, 0.5) is 0 Å². The molecule has 0 saturated heterocycles. The summed E-state index contributed by atoms with van der Waals surface area (Å²) < 4.78 is 0. The Kier molecular flexibility index (Phi) is 12.8. The predicted molar refractivity (Wildman–Crippen MR) is 64.7 cm³/mol. The topological polar surface area (TPSA) is 32.3 Å². The lowest BCUT2D eigenvalue weighted by Crippen LogP contribution is -2.31. The lowest BCUT2D eigenvalue weighted by atomic mass is 9.97. The van der Waals surface area contributed by atoms with Gasteiger partial charge in [0.15, 0.2) is 0 Å². The number of hydrogen-bond acceptors (Lipinski definition) is 2. The predicted octanol–water partition coefficient (Wildman–Crippen LogP) is 2.95. The molecule has 0 atom stereocenters. The van der Waals surface area contributed by atoms with E-state index < -0.39 is 0 Å². The summed E-state index contributed by atoms with van der Waals surface area (Å²) in [7, 11) is 0. The number of nitrogens with one attached hydrogen (secondary N) is 1. The molecule has 2 N–H and O–H groups in total. The fourth-order valence-electron chi connectivity index (χ4n) is 1.93. The van der Waals surface area contributed by atoms with E-state index in [1.165, 1.54) is 44.9 Å². The van der Waals surface area contributed by atoms with Crippen LogP contribution < -0.4 is 5.32 Å². The number of aliphatic hydroxyl groups is 1. The monoisotopic (exact) mass is 203 g/mol. The maximum atomic E-state index is 8.66. The van der Waals surface area contributed by atoms with Crippen LogP contribution in [0.3, 0.4) is 0 Å². The summed E-state index contributed by atoms with van der Waals surface area (Å²) in [6, 6.07) is 0.678. The van der Waals surface area contributed by atoms with Crippen molar-refractivity contribution < 1.29 is 5.11 Å². The van der Waals surface area contributed by atoms with Gasteiger partial charge in [0.05, 0.1) is 6.61 Å². The van der Waals surface area contributed by atoms with Crippen molar-refractivity contribution in [2.24, 2.45) is 0 Å². The molecular formula is C12H29NO. The Morgan fingerprint density at radius 3 is 1.93 bits per heavy atom. The maximum Gasteiger partial charge on any atom is 0.0556 e. The van der Waals surface area contributed by atoms with E-state index in [4.69, 9.17) is 5.11 Å². The van der Waals surface area contributed by atoms with Crippen molar-refractivity contribution >= 4 is 0 Å². The molecule has 1 aliphatic carbocycles. The highest BCUT2D eigenvalue weighted by molar-refractivity contribution is 4.69. The second-order valence-electron chi connectivity index (χ2n) is 3.72. The van der Waals surface area contributed by atoms with Gasteiger partial charge in [-0.1, -0.05) is 47.0 Å². The first-order valence-corrected chi connectivity index (χ1v) is 5.27. The van der Waals surface area contributed by atoms with E-state index in [9.17, 15) is 0 Å². The van der Waals surface area contributed by atoms with E-state index in [2.05, 4.69) is 5.32 Å². The van der Waals surface area contributed by atoms with Gasteiger partial charge in [-0.05, 0) is 12.8 Å². The fourth-order valence-corrected chi connectivity index (χ4v) is 1.93. The highest BCUT2D eigenvalue weighted by Crippen LogP contribution is 2.16. The number of hydrogen-bond donors (Lipinski definition) is 2. The summed E-state index contributed by atoms with van der Waals surface area (Å²) in [5, 5.41) is 12.0. The zero-order valence-corrected chi connectivity index (χ0v) is 7.89. The summed E-state index contributed by atoms with van der Waals surface area (Å²) in [4.78, 5) is 0. The van der Waals surface area contributed by atoms with E-state index in [-0.39, 0.29) is 21.5 Å². The van der Waals surface area contributed by atoms with Gasteiger partial charge >= 0.3 is 0 Å². The molecule has 0 aromatic carbocycles. The minimum Gasteiger partial charge on any atom is -0.395 e. The van der Waals surface area contributed by atoms with Gasteiger partial charge in [0.2, 0.25) is 0 Å². The molecule has 0 aliphatic heterocycles. The Labute approximate surface area is 90.1 Å². The summed E-state index contributed by atoms with van der Waals surface area (Å²) >= 11 is 0. The first kappa shape index (κ1) is 16.4. The highest BCUT2D eigenvalue weighted by Gasteiger charge is 2.09. The van der Waals surface area contributed by atoms with Crippen molar-refractivity contribution in [3.05, 3.63) is 0 Å². The van der Waals surface area contributed by atoms with Gasteiger partial charge in [-0.3, -0.25) is 0 Å². The van der Waals surface area contributed by atoms with Crippen molar-refractivity contribution in [3.63, 3.8) is 0 Å². The van der Waals surface area contributed by atoms with Crippen LogP contribution in [-0.2, 0) is 0 Å². The van der Waals surface area contributed by atoms with Crippen LogP contribution in [0.2, 0.25) is 0 Å². The normalized spacial score (nSPS) is 18.6. The lowest BCUT2D eigenvalue weighted by molar-refractivity contribution is 0.275.